The maximum absolute atomic E-state index is 4.29. The van der Waals surface area contributed by atoms with Crippen LogP contribution in [0.5, 0.6) is 0 Å². The zero-order chi connectivity index (χ0) is 15.3. The van der Waals surface area contributed by atoms with Gasteiger partial charge < -0.3 is 10.6 Å². The molecule has 0 bridgehead atoms. The first-order valence-electron chi connectivity index (χ1n) is 7.70. The molecule has 0 aromatic heterocycles. The van der Waals surface area contributed by atoms with E-state index in [2.05, 4.69) is 72.8 Å². The van der Waals surface area contributed by atoms with E-state index in [9.17, 15) is 0 Å². The lowest BCUT2D eigenvalue weighted by Gasteiger charge is -2.20. The van der Waals surface area contributed by atoms with Gasteiger partial charge in [-0.1, -0.05) is 57.2 Å². The molecule has 4 heteroatoms. The molecular formula is C18H28IN3. The fourth-order valence-electron chi connectivity index (χ4n) is 2.43. The summed E-state index contributed by atoms with van der Waals surface area (Å²) in [5.74, 6) is 0.878. The van der Waals surface area contributed by atoms with Crippen LogP contribution >= 0.6 is 24.0 Å². The molecule has 0 aliphatic heterocycles. The summed E-state index contributed by atoms with van der Waals surface area (Å²) in [5.41, 5.74) is 2.85. The average molecular weight is 413 g/mol. The molecule has 1 aliphatic carbocycles. The Morgan fingerprint density at radius 1 is 1.14 bits per heavy atom. The molecule has 3 nitrogen and oxygen atoms in total. The van der Waals surface area contributed by atoms with Gasteiger partial charge in [-0.15, -0.1) is 24.0 Å². The van der Waals surface area contributed by atoms with Crippen LogP contribution in [-0.2, 0) is 12.0 Å². The predicted molar refractivity (Wildman–Crippen MR) is 106 cm³/mol. The van der Waals surface area contributed by atoms with E-state index in [1.807, 2.05) is 7.05 Å². The first kappa shape index (κ1) is 19.0. The van der Waals surface area contributed by atoms with Crippen molar-refractivity contribution in [3.63, 3.8) is 0 Å². The molecule has 0 amide bonds. The number of rotatable bonds is 3. The molecule has 2 rings (SSSR count). The van der Waals surface area contributed by atoms with E-state index in [0.29, 0.717) is 6.04 Å². The van der Waals surface area contributed by atoms with Crippen LogP contribution in [0.3, 0.4) is 0 Å². The van der Waals surface area contributed by atoms with Crippen molar-refractivity contribution in [1.29, 1.82) is 0 Å². The third-order valence-corrected chi connectivity index (χ3v) is 3.85. The molecule has 0 saturated heterocycles. The highest BCUT2D eigenvalue weighted by molar-refractivity contribution is 14.0. The molecule has 22 heavy (non-hydrogen) atoms. The number of halogens is 1. The number of nitrogens with one attached hydrogen (secondary N) is 2. The second kappa shape index (κ2) is 8.56. The maximum Gasteiger partial charge on any atom is 0.191 e. The van der Waals surface area contributed by atoms with Crippen molar-refractivity contribution in [1.82, 2.24) is 10.6 Å². The molecule has 1 aromatic rings. The van der Waals surface area contributed by atoms with E-state index in [1.165, 1.54) is 11.1 Å². The van der Waals surface area contributed by atoms with E-state index in [-0.39, 0.29) is 29.4 Å². The fraction of sp³-hybridized carbons (Fsp3) is 0.500. The molecule has 122 valence electrons. The van der Waals surface area contributed by atoms with Gasteiger partial charge in [0.1, 0.15) is 0 Å². The molecule has 1 aromatic carbocycles. The Hall–Kier alpha value is -1.04. The summed E-state index contributed by atoms with van der Waals surface area (Å²) in [6.45, 7) is 7.51. The van der Waals surface area contributed by atoms with Crippen molar-refractivity contribution in [2.75, 3.05) is 7.05 Å². The molecule has 0 unspecified atom stereocenters. The first-order chi connectivity index (χ1) is 9.99. The van der Waals surface area contributed by atoms with Gasteiger partial charge >= 0.3 is 0 Å². The van der Waals surface area contributed by atoms with E-state index >= 15 is 0 Å². The lowest BCUT2D eigenvalue weighted by molar-refractivity contribution is 0.589. The molecule has 0 spiro atoms. The monoisotopic (exact) mass is 413 g/mol. The Morgan fingerprint density at radius 3 is 2.23 bits per heavy atom. The highest BCUT2D eigenvalue weighted by atomic mass is 127. The molecule has 0 heterocycles. The highest BCUT2D eigenvalue weighted by Crippen LogP contribution is 2.22. The van der Waals surface area contributed by atoms with Crippen LogP contribution in [0.15, 0.2) is 41.4 Å². The lowest BCUT2D eigenvalue weighted by atomic mass is 9.87. The van der Waals surface area contributed by atoms with Gasteiger partial charge in [0.25, 0.3) is 0 Å². The minimum Gasteiger partial charge on any atom is -0.353 e. The summed E-state index contributed by atoms with van der Waals surface area (Å²) >= 11 is 0. The molecule has 2 N–H and O–H groups in total. The summed E-state index contributed by atoms with van der Waals surface area (Å²) in [6.07, 6.45) is 6.61. The summed E-state index contributed by atoms with van der Waals surface area (Å²) in [5, 5.41) is 6.83. The van der Waals surface area contributed by atoms with E-state index in [0.717, 1.165) is 25.3 Å². The van der Waals surface area contributed by atoms with E-state index in [4.69, 9.17) is 0 Å². The smallest absolute Gasteiger partial charge is 0.191 e. The SMILES string of the molecule is CN=C(NCc1ccc(C(C)(C)C)cc1)NC1CC=CC1.I. The second-order valence-corrected chi connectivity index (χ2v) is 6.66. The Morgan fingerprint density at radius 2 is 1.73 bits per heavy atom. The number of guanidine groups is 1. The van der Waals surface area contributed by atoms with Gasteiger partial charge in [-0.3, -0.25) is 4.99 Å². The summed E-state index contributed by atoms with van der Waals surface area (Å²) < 4.78 is 0. The normalized spacial score (nSPS) is 15.5. The van der Waals surface area contributed by atoms with Crippen LogP contribution in [0.4, 0.5) is 0 Å². The van der Waals surface area contributed by atoms with Gasteiger partial charge in [0, 0.05) is 19.6 Å². The van der Waals surface area contributed by atoms with Crippen molar-refractivity contribution in [3.05, 3.63) is 47.5 Å². The molecule has 0 atom stereocenters. The van der Waals surface area contributed by atoms with Gasteiger partial charge in [0.05, 0.1) is 0 Å². The zero-order valence-electron chi connectivity index (χ0n) is 14.0. The topological polar surface area (TPSA) is 36.4 Å². The van der Waals surface area contributed by atoms with Crippen LogP contribution in [0.1, 0.15) is 44.7 Å². The third kappa shape index (κ3) is 5.63. The number of hydrogen-bond donors (Lipinski definition) is 2. The van der Waals surface area contributed by atoms with Gasteiger partial charge in [-0.25, -0.2) is 0 Å². The average Bonchev–Trinajstić information content (AvgIpc) is 2.96. The Kier molecular flexibility index (Phi) is 7.39. The van der Waals surface area contributed by atoms with E-state index in [1.54, 1.807) is 0 Å². The minimum absolute atomic E-state index is 0. The number of hydrogen-bond acceptors (Lipinski definition) is 1. The minimum atomic E-state index is 0. The summed E-state index contributed by atoms with van der Waals surface area (Å²) in [7, 11) is 1.82. The lowest BCUT2D eigenvalue weighted by Crippen LogP contribution is -2.42. The summed E-state index contributed by atoms with van der Waals surface area (Å²) in [4.78, 5) is 4.29. The molecule has 0 fully saturated rings. The van der Waals surface area contributed by atoms with Crippen LogP contribution in [0.2, 0.25) is 0 Å². The molecular weight excluding hydrogens is 385 g/mol. The van der Waals surface area contributed by atoms with E-state index < -0.39 is 0 Å². The molecule has 0 saturated carbocycles. The first-order valence-corrected chi connectivity index (χ1v) is 7.70. The van der Waals surface area contributed by atoms with Crippen molar-refractivity contribution in [2.45, 2.75) is 51.6 Å². The van der Waals surface area contributed by atoms with Gasteiger partial charge in [0.15, 0.2) is 5.96 Å². The van der Waals surface area contributed by atoms with Gasteiger partial charge in [-0.05, 0) is 29.4 Å². The third-order valence-electron chi connectivity index (χ3n) is 3.85. The predicted octanol–water partition coefficient (Wildman–Crippen LogP) is 3.99. The van der Waals surface area contributed by atoms with Crippen molar-refractivity contribution in [2.24, 2.45) is 4.99 Å². The van der Waals surface area contributed by atoms with Crippen molar-refractivity contribution >= 4 is 29.9 Å². The molecule has 1 aliphatic rings. The Bertz CT molecular complexity index is 504. The van der Waals surface area contributed by atoms with Crippen LogP contribution in [0.25, 0.3) is 0 Å². The van der Waals surface area contributed by atoms with Crippen molar-refractivity contribution < 1.29 is 0 Å². The number of aliphatic imine (C=N–C) groups is 1. The van der Waals surface area contributed by atoms with Crippen LogP contribution in [0, 0.1) is 0 Å². The fourth-order valence-corrected chi connectivity index (χ4v) is 2.43. The zero-order valence-corrected chi connectivity index (χ0v) is 16.3. The largest absolute Gasteiger partial charge is 0.353 e. The Labute approximate surface area is 151 Å². The maximum atomic E-state index is 4.29. The standard InChI is InChI=1S/C18H27N3.HI/c1-18(2,3)15-11-9-14(10-12-15)13-20-17(19-4)21-16-7-5-6-8-16;/h5-6,9-12,16H,7-8,13H2,1-4H3,(H2,19,20,21);1H. The van der Waals surface area contributed by atoms with Crippen LogP contribution < -0.4 is 10.6 Å². The Balaban J connectivity index is 0.00000242. The van der Waals surface area contributed by atoms with Gasteiger partial charge in [0.2, 0.25) is 0 Å². The highest BCUT2D eigenvalue weighted by Gasteiger charge is 2.13. The number of nitrogens with zero attached hydrogens (tertiary/aromatic N) is 1. The van der Waals surface area contributed by atoms with Gasteiger partial charge in [-0.2, -0.15) is 0 Å². The number of benzene rings is 1. The van der Waals surface area contributed by atoms with Crippen molar-refractivity contribution in [3.8, 4) is 0 Å². The second-order valence-electron chi connectivity index (χ2n) is 6.66. The quantitative estimate of drug-likeness (QED) is 0.340. The molecule has 0 radical (unpaired) electrons. The summed E-state index contributed by atoms with van der Waals surface area (Å²) in [6, 6.07) is 9.30. The van der Waals surface area contributed by atoms with Crippen LogP contribution in [-0.4, -0.2) is 19.0 Å².